The van der Waals surface area contributed by atoms with Crippen molar-refractivity contribution >= 4 is 17.4 Å². The molecule has 0 aliphatic rings. The molecule has 0 aromatic carbocycles. The monoisotopic (exact) mass is 321 g/mol. The van der Waals surface area contributed by atoms with Crippen molar-refractivity contribution in [1.29, 1.82) is 0 Å². The maximum Gasteiger partial charge on any atom is 0.269 e. The van der Waals surface area contributed by atoms with Crippen molar-refractivity contribution in [3.63, 3.8) is 0 Å². The van der Waals surface area contributed by atoms with E-state index in [1.165, 1.54) is 0 Å². The summed E-state index contributed by atoms with van der Waals surface area (Å²) in [5.41, 5.74) is 2.76. The molecule has 22 heavy (non-hydrogen) atoms. The zero-order valence-electron chi connectivity index (χ0n) is 12.9. The SMILES string of the molecule is CCc1nnsc1C(=O)NCc1c(CC)c(CC)n[nH]c1=O. The summed E-state index contributed by atoms with van der Waals surface area (Å²) in [4.78, 5) is 24.7. The lowest BCUT2D eigenvalue weighted by atomic mass is 10.0. The number of H-pyrrole nitrogens is 1. The van der Waals surface area contributed by atoms with E-state index in [1.807, 2.05) is 20.8 Å². The van der Waals surface area contributed by atoms with E-state index in [9.17, 15) is 9.59 Å². The van der Waals surface area contributed by atoms with E-state index in [1.54, 1.807) is 0 Å². The summed E-state index contributed by atoms with van der Waals surface area (Å²) in [6.07, 6.45) is 2.09. The molecule has 1 amide bonds. The van der Waals surface area contributed by atoms with Gasteiger partial charge < -0.3 is 5.32 Å². The average Bonchev–Trinajstić information content (AvgIpc) is 3.01. The lowest BCUT2D eigenvalue weighted by molar-refractivity contribution is 0.0953. The zero-order valence-corrected chi connectivity index (χ0v) is 13.7. The molecule has 0 radical (unpaired) electrons. The first-order valence-corrected chi connectivity index (χ1v) is 8.08. The molecule has 8 heteroatoms. The number of aromatic amines is 1. The summed E-state index contributed by atoms with van der Waals surface area (Å²) in [5, 5.41) is 13.3. The van der Waals surface area contributed by atoms with Crippen LogP contribution in [0.5, 0.6) is 0 Å². The van der Waals surface area contributed by atoms with Crippen LogP contribution in [0, 0.1) is 0 Å². The van der Waals surface area contributed by atoms with Crippen LogP contribution in [0.4, 0.5) is 0 Å². The van der Waals surface area contributed by atoms with E-state index in [2.05, 4.69) is 25.1 Å². The summed E-state index contributed by atoms with van der Waals surface area (Å²) in [6, 6.07) is 0. The minimum Gasteiger partial charge on any atom is -0.347 e. The second-order valence-electron chi connectivity index (χ2n) is 4.75. The van der Waals surface area contributed by atoms with Gasteiger partial charge in [-0.05, 0) is 36.4 Å². The van der Waals surface area contributed by atoms with Crippen molar-refractivity contribution < 1.29 is 4.79 Å². The maximum absolute atomic E-state index is 12.2. The van der Waals surface area contributed by atoms with Crippen LogP contribution in [-0.2, 0) is 25.8 Å². The third-order valence-corrected chi connectivity index (χ3v) is 4.26. The quantitative estimate of drug-likeness (QED) is 0.833. The van der Waals surface area contributed by atoms with Gasteiger partial charge in [-0.3, -0.25) is 9.59 Å². The van der Waals surface area contributed by atoms with E-state index >= 15 is 0 Å². The van der Waals surface area contributed by atoms with Gasteiger partial charge in [-0.1, -0.05) is 25.3 Å². The Labute approximate surface area is 132 Å². The first-order valence-electron chi connectivity index (χ1n) is 7.30. The Morgan fingerprint density at radius 1 is 1.14 bits per heavy atom. The van der Waals surface area contributed by atoms with Gasteiger partial charge in [-0.25, -0.2) is 5.10 Å². The van der Waals surface area contributed by atoms with Crippen molar-refractivity contribution in [1.82, 2.24) is 25.1 Å². The van der Waals surface area contributed by atoms with Gasteiger partial charge in [0.1, 0.15) is 4.88 Å². The fraction of sp³-hybridized carbons (Fsp3) is 0.500. The molecule has 7 nitrogen and oxygen atoms in total. The predicted molar refractivity (Wildman–Crippen MR) is 84.1 cm³/mol. The third-order valence-electron chi connectivity index (χ3n) is 3.49. The average molecular weight is 321 g/mol. The number of aromatic nitrogens is 4. The minimum absolute atomic E-state index is 0.175. The highest BCUT2D eigenvalue weighted by Gasteiger charge is 2.17. The van der Waals surface area contributed by atoms with E-state index in [0.29, 0.717) is 29.0 Å². The van der Waals surface area contributed by atoms with Crippen LogP contribution in [0.2, 0.25) is 0 Å². The number of aryl methyl sites for hydroxylation is 2. The molecule has 0 fully saturated rings. The molecule has 0 saturated carbocycles. The summed E-state index contributed by atoms with van der Waals surface area (Å²) in [7, 11) is 0. The molecule has 2 heterocycles. The van der Waals surface area contributed by atoms with Crippen molar-refractivity contribution in [2.24, 2.45) is 0 Å². The molecule has 2 aromatic heterocycles. The van der Waals surface area contributed by atoms with Gasteiger partial charge in [0.05, 0.1) is 11.4 Å². The van der Waals surface area contributed by atoms with Crippen molar-refractivity contribution in [3.05, 3.63) is 37.7 Å². The van der Waals surface area contributed by atoms with Crippen LogP contribution in [-0.4, -0.2) is 25.7 Å². The van der Waals surface area contributed by atoms with Crippen LogP contribution in [0.15, 0.2) is 4.79 Å². The van der Waals surface area contributed by atoms with Gasteiger partial charge in [0, 0.05) is 12.1 Å². The van der Waals surface area contributed by atoms with Crippen molar-refractivity contribution in [2.45, 2.75) is 46.6 Å². The van der Waals surface area contributed by atoms with Gasteiger partial charge >= 0.3 is 0 Å². The molecule has 2 rings (SSSR count). The number of carbonyl (C=O) groups is 1. The lowest BCUT2D eigenvalue weighted by Crippen LogP contribution is -2.29. The highest BCUT2D eigenvalue weighted by molar-refractivity contribution is 7.08. The summed E-state index contributed by atoms with van der Waals surface area (Å²) < 4.78 is 3.80. The fourth-order valence-corrected chi connectivity index (χ4v) is 2.99. The van der Waals surface area contributed by atoms with Gasteiger partial charge in [0.25, 0.3) is 11.5 Å². The highest BCUT2D eigenvalue weighted by Crippen LogP contribution is 2.13. The van der Waals surface area contributed by atoms with E-state index in [4.69, 9.17) is 0 Å². The Morgan fingerprint density at radius 2 is 1.86 bits per heavy atom. The zero-order chi connectivity index (χ0) is 16.1. The van der Waals surface area contributed by atoms with Crippen LogP contribution in [0.1, 0.15) is 53.0 Å². The highest BCUT2D eigenvalue weighted by atomic mass is 32.1. The largest absolute Gasteiger partial charge is 0.347 e. The van der Waals surface area contributed by atoms with Gasteiger partial charge in [-0.15, -0.1) is 5.10 Å². The number of rotatable bonds is 6. The van der Waals surface area contributed by atoms with E-state index in [0.717, 1.165) is 29.2 Å². The molecule has 0 saturated heterocycles. The Morgan fingerprint density at radius 3 is 2.50 bits per heavy atom. The van der Waals surface area contributed by atoms with Gasteiger partial charge in [-0.2, -0.15) is 5.10 Å². The number of hydrogen-bond donors (Lipinski definition) is 2. The second-order valence-corrected chi connectivity index (χ2v) is 5.50. The van der Waals surface area contributed by atoms with E-state index < -0.39 is 0 Å². The van der Waals surface area contributed by atoms with Crippen LogP contribution < -0.4 is 10.9 Å². The number of nitrogens with one attached hydrogen (secondary N) is 2. The Balaban J connectivity index is 2.21. The predicted octanol–water partition coefficient (Wildman–Crippen LogP) is 1.24. The van der Waals surface area contributed by atoms with Crippen molar-refractivity contribution in [2.75, 3.05) is 0 Å². The fourth-order valence-electron chi connectivity index (χ4n) is 2.32. The third kappa shape index (κ3) is 3.22. The lowest BCUT2D eigenvalue weighted by Gasteiger charge is -2.11. The molecule has 118 valence electrons. The summed E-state index contributed by atoms with van der Waals surface area (Å²) in [5.74, 6) is -0.247. The second kappa shape index (κ2) is 7.26. The van der Waals surface area contributed by atoms with Gasteiger partial charge in [0.15, 0.2) is 0 Å². The molecule has 0 bridgehead atoms. The number of amides is 1. The normalized spacial score (nSPS) is 10.7. The van der Waals surface area contributed by atoms with Crippen LogP contribution in [0.25, 0.3) is 0 Å². The molecule has 0 aliphatic heterocycles. The smallest absolute Gasteiger partial charge is 0.269 e. The van der Waals surface area contributed by atoms with Gasteiger partial charge in [0.2, 0.25) is 0 Å². The molecule has 0 unspecified atom stereocenters. The van der Waals surface area contributed by atoms with Crippen molar-refractivity contribution in [3.8, 4) is 0 Å². The van der Waals surface area contributed by atoms with E-state index in [-0.39, 0.29) is 18.0 Å². The van der Waals surface area contributed by atoms with Crippen LogP contribution >= 0.6 is 11.5 Å². The minimum atomic E-state index is -0.257. The van der Waals surface area contributed by atoms with Crippen LogP contribution in [0.3, 0.4) is 0 Å². The molecule has 2 N–H and O–H groups in total. The first kappa shape index (κ1) is 16.3. The topological polar surface area (TPSA) is 101 Å². The summed E-state index contributed by atoms with van der Waals surface area (Å²) >= 11 is 1.07. The molecular formula is C14H19N5O2S. The Bertz CT molecular complexity index is 722. The molecule has 0 aliphatic carbocycles. The number of nitrogens with zero attached hydrogens (tertiary/aromatic N) is 3. The summed E-state index contributed by atoms with van der Waals surface area (Å²) in [6.45, 7) is 6.06. The maximum atomic E-state index is 12.2. The molecule has 0 atom stereocenters. The molecule has 2 aromatic rings. The Kier molecular flexibility index (Phi) is 5.37. The number of carbonyl (C=O) groups excluding carboxylic acids is 1. The Hall–Kier alpha value is -2.09. The first-order chi connectivity index (χ1) is 10.6. The number of hydrogen-bond acceptors (Lipinski definition) is 6. The molecule has 0 spiro atoms. The molecular weight excluding hydrogens is 302 g/mol. The standard InChI is InChI=1S/C14H19N5O2S/c1-4-8-9(13(20)18-16-10(8)5-2)7-15-14(21)12-11(6-3)17-19-22-12/h4-7H2,1-3H3,(H,15,21)(H,18,20).